The summed E-state index contributed by atoms with van der Waals surface area (Å²) < 4.78 is 12.7. The van der Waals surface area contributed by atoms with Crippen LogP contribution in [0.4, 0.5) is 0 Å². The highest BCUT2D eigenvalue weighted by Gasteiger charge is 2.04. The van der Waals surface area contributed by atoms with E-state index in [1.807, 2.05) is 26.2 Å². The Balaban J connectivity index is 2.30. The van der Waals surface area contributed by atoms with E-state index in [1.54, 1.807) is 10.9 Å². The molecule has 0 spiro atoms. The molecule has 4 nitrogen and oxygen atoms in total. The molecule has 1 aromatic heterocycles. The van der Waals surface area contributed by atoms with Gasteiger partial charge in [0.05, 0.1) is 5.69 Å². The summed E-state index contributed by atoms with van der Waals surface area (Å²) in [6, 6.07) is 2.24. The molecule has 0 aromatic carbocycles. The summed E-state index contributed by atoms with van der Waals surface area (Å²) in [5.74, 6) is 0.687. The normalized spacial score (nSPS) is 15.4. The van der Waals surface area contributed by atoms with Crippen molar-refractivity contribution in [3.63, 3.8) is 0 Å². The van der Waals surface area contributed by atoms with Crippen LogP contribution in [0.2, 0.25) is 0 Å². The molecule has 0 radical (unpaired) electrons. The molecule has 14 heavy (non-hydrogen) atoms. The lowest BCUT2D eigenvalue weighted by Gasteiger charge is -2.10. The van der Waals surface area contributed by atoms with Crippen LogP contribution in [0, 0.1) is 0 Å². The zero-order valence-corrected chi connectivity index (χ0v) is 9.67. The maximum absolute atomic E-state index is 10.9. The molecular formula is C9H17N3OS. The van der Waals surface area contributed by atoms with Crippen molar-refractivity contribution in [2.24, 2.45) is 7.05 Å². The largest absolute Gasteiger partial charge is 0.308 e. The molecule has 2 atom stereocenters. The fourth-order valence-corrected chi connectivity index (χ4v) is 2.07. The standard InChI is InChI=1S/C9H17N3OS/c1-8(7-14(3)13)10-6-9-4-5-12(2)11-9/h4-5,8,10H,6-7H2,1-3H3. The van der Waals surface area contributed by atoms with Crippen molar-refractivity contribution in [2.75, 3.05) is 12.0 Å². The first-order chi connectivity index (χ1) is 6.58. The molecule has 1 rings (SSSR count). The minimum atomic E-state index is -0.736. The summed E-state index contributed by atoms with van der Waals surface area (Å²) in [7, 11) is 1.16. The molecule has 0 saturated heterocycles. The van der Waals surface area contributed by atoms with E-state index in [1.165, 1.54) is 0 Å². The Bertz CT molecular complexity index is 311. The summed E-state index contributed by atoms with van der Waals surface area (Å²) in [5, 5.41) is 7.51. The van der Waals surface area contributed by atoms with E-state index in [4.69, 9.17) is 0 Å². The van der Waals surface area contributed by atoms with Gasteiger partial charge in [-0.15, -0.1) is 0 Å². The molecule has 80 valence electrons. The Morgan fingerprint density at radius 3 is 2.93 bits per heavy atom. The summed E-state index contributed by atoms with van der Waals surface area (Å²) in [6.07, 6.45) is 3.64. The SMILES string of the molecule is CC(CS(C)=O)NCc1ccn(C)n1. The van der Waals surface area contributed by atoms with E-state index < -0.39 is 10.8 Å². The molecule has 2 unspecified atom stereocenters. The maximum Gasteiger partial charge on any atom is 0.0762 e. The monoisotopic (exact) mass is 215 g/mol. The molecule has 0 aliphatic carbocycles. The zero-order valence-electron chi connectivity index (χ0n) is 8.86. The van der Waals surface area contributed by atoms with E-state index >= 15 is 0 Å². The van der Waals surface area contributed by atoms with E-state index in [9.17, 15) is 4.21 Å². The minimum absolute atomic E-state index is 0.267. The summed E-state index contributed by atoms with van der Waals surface area (Å²) >= 11 is 0. The van der Waals surface area contributed by atoms with Crippen molar-refractivity contribution in [3.05, 3.63) is 18.0 Å². The van der Waals surface area contributed by atoms with Gasteiger partial charge in [-0.1, -0.05) is 0 Å². The first kappa shape index (κ1) is 11.4. The van der Waals surface area contributed by atoms with Gasteiger partial charge in [0.1, 0.15) is 0 Å². The summed E-state index contributed by atoms with van der Waals surface area (Å²) in [5.41, 5.74) is 1.02. The smallest absolute Gasteiger partial charge is 0.0762 e. The van der Waals surface area contributed by atoms with Gasteiger partial charge >= 0.3 is 0 Å². The van der Waals surface area contributed by atoms with Crippen LogP contribution in [0.1, 0.15) is 12.6 Å². The second-order valence-corrected chi connectivity index (χ2v) is 4.98. The van der Waals surface area contributed by atoms with Gasteiger partial charge < -0.3 is 5.32 Å². The quantitative estimate of drug-likeness (QED) is 0.767. The zero-order chi connectivity index (χ0) is 10.6. The highest BCUT2D eigenvalue weighted by atomic mass is 32.2. The third-order valence-corrected chi connectivity index (χ3v) is 2.85. The van der Waals surface area contributed by atoms with Crippen LogP contribution in [0.15, 0.2) is 12.3 Å². The van der Waals surface area contributed by atoms with E-state index in [0.29, 0.717) is 5.75 Å². The van der Waals surface area contributed by atoms with Crippen LogP contribution < -0.4 is 5.32 Å². The van der Waals surface area contributed by atoms with Crippen LogP contribution in [-0.2, 0) is 24.4 Å². The van der Waals surface area contributed by atoms with E-state index in [2.05, 4.69) is 10.4 Å². The highest BCUT2D eigenvalue weighted by Crippen LogP contribution is 1.94. The van der Waals surface area contributed by atoms with Gasteiger partial charge in [0.25, 0.3) is 0 Å². The Hall–Kier alpha value is -0.680. The Labute approximate surface area is 87.2 Å². The van der Waals surface area contributed by atoms with E-state index in [-0.39, 0.29) is 6.04 Å². The molecule has 0 saturated carbocycles. The highest BCUT2D eigenvalue weighted by molar-refractivity contribution is 7.84. The van der Waals surface area contributed by atoms with Crippen molar-refractivity contribution in [1.82, 2.24) is 15.1 Å². The molecular weight excluding hydrogens is 198 g/mol. The minimum Gasteiger partial charge on any atom is -0.308 e. The van der Waals surface area contributed by atoms with Gasteiger partial charge in [0, 0.05) is 48.6 Å². The van der Waals surface area contributed by atoms with Crippen LogP contribution >= 0.6 is 0 Å². The van der Waals surface area contributed by atoms with Gasteiger partial charge in [-0.3, -0.25) is 8.89 Å². The first-order valence-electron chi connectivity index (χ1n) is 4.60. The van der Waals surface area contributed by atoms with Gasteiger partial charge in [0.2, 0.25) is 0 Å². The third-order valence-electron chi connectivity index (χ3n) is 1.89. The lowest BCUT2D eigenvalue weighted by Crippen LogP contribution is -2.30. The van der Waals surface area contributed by atoms with Crippen LogP contribution in [0.25, 0.3) is 0 Å². The number of hydrogen-bond acceptors (Lipinski definition) is 3. The van der Waals surface area contributed by atoms with Crippen molar-refractivity contribution in [3.8, 4) is 0 Å². The molecule has 1 N–H and O–H groups in total. The lowest BCUT2D eigenvalue weighted by molar-refractivity contribution is 0.574. The molecule has 0 bridgehead atoms. The summed E-state index contributed by atoms with van der Waals surface area (Å²) in [4.78, 5) is 0. The molecule has 0 aliphatic heterocycles. The molecule has 0 aliphatic rings. The predicted molar refractivity (Wildman–Crippen MR) is 58.4 cm³/mol. The molecule has 0 amide bonds. The van der Waals surface area contributed by atoms with Crippen molar-refractivity contribution < 1.29 is 4.21 Å². The topological polar surface area (TPSA) is 46.9 Å². The predicted octanol–water partition coefficient (Wildman–Crippen LogP) is 0.277. The second kappa shape index (κ2) is 5.26. The first-order valence-corrected chi connectivity index (χ1v) is 6.32. The third kappa shape index (κ3) is 4.02. The maximum atomic E-state index is 10.9. The van der Waals surface area contributed by atoms with Crippen LogP contribution in [-0.4, -0.2) is 32.0 Å². The number of aromatic nitrogens is 2. The van der Waals surface area contributed by atoms with Crippen molar-refractivity contribution in [1.29, 1.82) is 0 Å². The van der Waals surface area contributed by atoms with E-state index in [0.717, 1.165) is 12.2 Å². The average molecular weight is 215 g/mol. The van der Waals surface area contributed by atoms with Gasteiger partial charge in [-0.25, -0.2) is 0 Å². The van der Waals surface area contributed by atoms with Crippen molar-refractivity contribution in [2.45, 2.75) is 19.5 Å². The Kier molecular flexibility index (Phi) is 4.28. The molecule has 0 fully saturated rings. The number of nitrogens with zero attached hydrogens (tertiary/aromatic N) is 2. The molecule has 1 aromatic rings. The van der Waals surface area contributed by atoms with Crippen LogP contribution in [0.3, 0.4) is 0 Å². The second-order valence-electron chi connectivity index (χ2n) is 3.50. The fraction of sp³-hybridized carbons (Fsp3) is 0.667. The Morgan fingerprint density at radius 2 is 2.43 bits per heavy atom. The Morgan fingerprint density at radius 1 is 1.71 bits per heavy atom. The van der Waals surface area contributed by atoms with Crippen molar-refractivity contribution >= 4 is 10.8 Å². The number of hydrogen-bond donors (Lipinski definition) is 1. The molecule has 1 heterocycles. The number of rotatable bonds is 5. The van der Waals surface area contributed by atoms with Crippen LogP contribution in [0.5, 0.6) is 0 Å². The van der Waals surface area contributed by atoms with Gasteiger partial charge in [-0.05, 0) is 13.0 Å². The number of aryl methyl sites for hydroxylation is 1. The fourth-order valence-electron chi connectivity index (χ4n) is 1.25. The lowest BCUT2D eigenvalue weighted by atomic mass is 10.3. The summed E-state index contributed by atoms with van der Waals surface area (Å²) in [6.45, 7) is 2.77. The average Bonchev–Trinajstić information content (AvgIpc) is 2.47. The molecule has 5 heteroatoms. The number of nitrogens with one attached hydrogen (secondary N) is 1. The van der Waals surface area contributed by atoms with Gasteiger partial charge in [0.15, 0.2) is 0 Å². The van der Waals surface area contributed by atoms with Gasteiger partial charge in [-0.2, -0.15) is 5.10 Å².